The lowest BCUT2D eigenvalue weighted by Crippen LogP contribution is -2.41. The quantitative estimate of drug-likeness (QED) is 0.373. The van der Waals surface area contributed by atoms with Crippen molar-refractivity contribution in [1.29, 1.82) is 0 Å². The highest BCUT2D eigenvalue weighted by atomic mass is 16.5. The lowest BCUT2D eigenvalue weighted by molar-refractivity contribution is -0.135. The molecule has 5 N–H and O–H groups in total. The minimum atomic E-state index is -1.36. The van der Waals surface area contributed by atoms with Crippen LogP contribution in [0, 0.1) is 6.92 Å². The van der Waals surface area contributed by atoms with E-state index in [1.54, 1.807) is 18.2 Å². The Balaban J connectivity index is 2.12. The molecule has 1 aliphatic carbocycles. The highest BCUT2D eigenvalue weighted by Crippen LogP contribution is 2.30. The molecular weight excluding hydrogens is 458 g/mol. The van der Waals surface area contributed by atoms with Gasteiger partial charge in [0.15, 0.2) is 5.75 Å². The van der Waals surface area contributed by atoms with Gasteiger partial charge in [-0.25, -0.2) is 0 Å². The molecule has 0 radical (unpaired) electrons. The summed E-state index contributed by atoms with van der Waals surface area (Å²) in [5, 5.41) is 35.2. The van der Waals surface area contributed by atoms with Gasteiger partial charge in [0, 0.05) is 11.6 Å². The van der Waals surface area contributed by atoms with E-state index in [0.717, 1.165) is 29.4 Å². The molecule has 11 heteroatoms. The predicted octanol–water partition coefficient (Wildman–Crippen LogP) is 1.50. The number of carbonyl (C=O) groups excluding carboxylic acids is 2. The van der Waals surface area contributed by atoms with Crippen LogP contribution in [0.4, 0.5) is 0 Å². The normalized spacial score (nSPS) is 13.8. The van der Waals surface area contributed by atoms with E-state index in [1.807, 2.05) is 12.2 Å². The van der Waals surface area contributed by atoms with E-state index in [1.165, 1.54) is 7.11 Å². The molecular formula is C24H29N3O8. The first-order valence-electron chi connectivity index (χ1n) is 11.3. The van der Waals surface area contributed by atoms with Crippen LogP contribution >= 0.6 is 0 Å². The molecule has 2 aromatic rings. The maximum absolute atomic E-state index is 13.3. The van der Waals surface area contributed by atoms with Crippen LogP contribution in [-0.4, -0.2) is 57.4 Å². The highest BCUT2D eigenvalue weighted by molar-refractivity contribution is 6.05. The molecule has 2 amide bonds. The summed E-state index contributed by atoms with van der Waals surface area (Å²) in [6.45, 7) is 0.763. The van der Waals surface area contributed by atoms with E-state index in [2.05, 4.69) is 5.32 Å². The number of carbonyl (C=O) groups is 3. The van der Waals surface area contributed by atoms with Crippen LogP contribution in [0.1, 0.15) is 63.9 Å². The van der Waals surface area contributed by atoms with Crippen molar-refractivity contribution in [1.82, 2.24) is 15.2 Å². The zero-order valence-electron chi connectivity index (χ0n) is 19.6. The monoisotopic (exact) mass is 487 g/mol. The zero-order valence-corrected chi connectivity index (χ0v) is 19.6. The average molecular weight is 488 g/mol. The number of aromatic nitrogens is 1. The number of aromatic hydroxyl groups is 2. The molecule has 1 aliphatic rings. The first-order valence-corrected chi connectivity index (χ1v) is 11.3. The van der Waals surface area contributed by atoms with Crippen LogP contribution in [0.2, 0.25) is 0 Å². The number of aliphatic carboxylic acids is 1. The number of benzene rings is 1. The number of rotatable bonds is 8. The molecule has 1 fully saturated rings. The summed E-state index contributed by atoms with van der Waals surface area (Å²) in [6.07, 6.45) is 4.28. The molecule has 0 unspecified atom stereocenters. The second kappa shape index (κ2) is 10.9. The second-order valence-electron chi connectivity index (χ2n) is 8.51. The molecule has 1 saturated carbocycles. The van der Waals surface area contributed by atoms with Gasteiger partial charge in [-0.2, -0.15) is 0 Å². The first kappa shape index (κ1) is 25.6. The van der Waals surface area contributed by atoms with Crippen molar-refractivity contribution >= 4 is 17.8 Å². The predicted molar refractivity (Wildman–Crippen MR) is 125 cm³/mol. The van der Waals surface area contributed by atoms with Crippen LogP contribution in [-0.2, 0) is 11.3 Å². The summed E-state index contributed by atoms with van der Waals surface area (Å²) in [5.41, 5.74) is -1.14. The van der Waals surface area contributed by atoms with Gasteiger partial charge >= 0.3 is 5.97 Å². The van der Waals surface area contributed by atoms with Crippen LogP contribution in [0.5, 0.6) is 17.4 Å². The summed E-state index contributed by atoms with van der Waals surface area (Å²) in [6, 6.07) is 4.95. The van der Waals surface area contributed by atoms with Crippen molar-refractivity contribution in [3.05, 3.63) is 50.8 Å². The fraction of sp³-hybridized carbons (Fsp3) is 0.417. The molecule has 188 valence electrons. The number of nitrogens with one attached hydrogen (secondary N) is 2. The van der Waals surface area contributed by atoms with Gasteiger partial charge in [0.05, 0.1) is 13.7 Å². The number of pyridine rings is 1. The molecule has 1 aromatic heterocycles. The Hall–Kier alpha value is -4.02. The summed E-state index contributed by atoms with van der Waals surface area (Å²) in [4.78, 5) is 49.9. The van der Waals surface area contributed by atoms with E-state index in [0.29, 0.717) is 24.2 Å². The van der Waals surface area contributed by atoms with Crippen LogP contribution < -0.4 is 20.9 Å². The van der Waals surface area contributed by atoms with Gasteiger partial charge in [0.25, 0.3) is 17.4 Å². The lowest BCUT2D eigenvalue weighted by Gasteiger charge is -2.23. The molecule has 0 bridgehead atoms. The van der Waals surface area contributed by atoms with Gasteiger partial charge in [0.2, 0.25) is 5.88 Å². The van der Waals surface area contributed by atoms with Crippen molar-refractivity contribution in [2.24, 2.45) is 0 Å². The van der Waals surface area contributed by atoms with Crippen LogP contribution in [0.15, 0.2) is 23.0 Å². The van der Waals surface area contributed by atoms with E-state index in [9.17, 15) is 29.4 Å². The van der Waals surface area contributed by atoms with Crippen molar-refractivity contribution in [2.75, 3.05) is 13.7 Å². The topological polar surface area (TPSA) is 167 Å². The third-order valence-electron chi connectivity index (χ3n) is 5.98. The molecule has 35 heavy (non-hydrogen) atoms. The Kier molecular flexibility index (Phi) is 8.00. The summed E-state index contributed by atoms with van der Waals surface area (Å²) in [7, 11) is 1.44. The largest absolute Gasteiger partial charge is 0.506 e. The first-order chi connectivity index (χ1) is 16.6. The van der Waals surface area contributed by atoms with Crippen LogP contribution in [0.25, 0.3) is 0 Å². The fourth-order valence-corrected chi connectivity index (χ4v) is 4.16. The summed E-state index contributed by atoms with van der Waals surface area (Å²) >= 11 is 0. The molecule has 1 aromatic carbocycles. The van der Waals surface area contributed by atoms with Gasteiger partial charge in [-0.1, -0.05) is 31.4 Å². The minimum absolute atomic E-state index is 0.196. The maximum Gasteiger partial charge on any atom is 0.322 e. The SMILES string of the molecule is COc1cc(C)ccc1Cn1c(O)c(C(=O)NCC(=O)O)c(O)c(C(=O)NC2CCCCC2)c1=O. The second-order valence-corrected chi connectivity index (χ2v) is 8.51. The van der Waals surface area contributed by atoms with Crippen molar-refractivity contribution < 1.29 is 34.4 Å². The third-order valence-corrected chi connectivity index (χ3v) is 5.98. The Morgan fingerprint density at radius 2 is 1.77 bits per heavy atom. The number of aryl methyl sites for hydroxylation is 1. The van der Waals surface area contributed by atoms with Gasteiger partial charge in [-0.05, 0) is 31.4 Å². The third kappa shape index (κ3) is 5.73. The van der Waals surface area contributed by atoms with Crippen molar-refractivity contribution in [2.45, 2.75) is 51.6 Å². The minimum Gasteiger partial charge on any atom is -0.506 e. The highest BCUT2D eigenvalue weighted by Gasteiger charge is 2.31. The van der Waals surface area contributed by atoms with Crippen LogP contribution in [0.3, 0.4) is 0 Å². The Bertz CT molecular complexity index is 1200. The molecule has 0 saturated heterocycles. The summed E-state index contributed by atoms with van der Waals surface area (Å²) in [5.74, 6) is -4.90. The maximum atomic E-state index is 13.3. The molecule has 0 atom stereocenters. The Morgan fingerprint density at radius 3 is 2.40 bits per heavy atom. The number of carboxylic acid groups (broad SMARTS) is 1. The fourth-order valence-electron chi connectivity index (χ4n) is 4.16. The van der Waals surface area contributed by atoms with E-state index in [4.69, 9.17) is 9.84 Å². The van der Waals surface area contributed by atoms with E-state index < -0.39 is 52.6 Å². The van der Waals surface area contributed by atoms with Gasteiger partial charge in [-0.15, -0.1) is 0 Å². The van der Waals surface area contributed by atoms with E-state index >= 15 is 0 Å². The standard InChI is InChI=1S/C24H29N3O8/c1-13-8-9-14(16(10-13)35-2)12-27-23(33)18(21(31)25-11-17(28)29)20(30)19(24(27)34)22(32)26-15-6-4-3-5-7-15/h8-10,15,30,33H,3-7,11-12H2,1-2H3,(H,25,31)(H,26,32)(H,28,29). The van der Waals surface area contributed by atoms with Gasteiger partial charge in [-0.3, -0.25) is 23.7 Å². The number of hydrogen-bond donors (Lipinski definition) is 5. The van der Waals surface area contributed by atoms with Crippen molar-refractivity contribution in [3.8, 4) is 17.4 Å². The molecule has 0 aliphatic heterocycles. The number of carboxylic acids is 1. The number of amides is 2. The van der Waals surface area contributed by atoms with E-state index in [-0.39, 0.29) is 12.6 Å². The number of methoxy groups -OCH3 is 1. The lowest BCUT2D eigenvalue weighted by atomic mass is 9.95. The Labute approximate surface area is 201 Å². The molecule has 11 nitrogen and oxygen atoms in total. The smallest absolute Gasteiger partial charge is 0.322 e. The number of hydrogen-bond acceptors (Lipinski definition) is 7. The number of nitrogens with zero attached hydrogens (tertiary/aromatic N) is 1. The molecule has 3 rings (SSSR count). The Morgan fingerprint density at radius 1 is 1.09 bits per heavy atom. The van der Waals surface area contributed by atoms with Crippen molar-refractivity contribution in [3.63, 3.8) is 0 Å². The molecule has 1 heterocycles. The molecule has 0 spiro atoms. The average Bonchev–Trinajstić information content (AvgIpc) is 2.81. The van der Waals surface area contributed by atoms with Gasteiger partial charge < -0.3 is 30.7 Å². The number of ether oxygens (including phenoxy) is 1. The van der Waals surface area contributed by atoms with Gasteiger partial charge in [0.1, 0.15) is 23.4 Å². The zero-order chi connectivity index (χ0) is 25.7. The summed E-state index contributed by atoms with van der Waals surface area (Å²) < 4.78 is 6.13.